The highest BCUT2D eigenvalue weighted by Crippen LogP contribution is 2.31. The number of nitrogens with one attached hydrogen (secondary N) is 1. The minimum Gasteiger partial charge on any atom is -0.323 e. The summed E-state index contributed by atoms with van der Waals surface area (Å²) in [7, 11) is 0. The Morgan fingerprint density at radius 3 is 2.52 bits per heavy atom. The van der Waals surface area contributed by atoms with Gasteiger partial charge in [-0.2, -0.15) is 0 Å². The second-order valence-electron chi connectivity index (χ2n) is 6.60. The van der Waals surface area contributed by atoms with Crippen LogP contribution in [0, 0.1) is 6.92 Å². The number of rotatable bonds is 6. The van der Waals surface area contributed by atoms with E-state index in [2.05, 4.69) is 20.5 Å². The highest BCUT2D eigenvalue weighted by molar-refractivity contribution is 7.99. The molecule has 1 amide bonds. The van der Waals surface area contributed by atoms with Crippen LogP contribution in [0.15, 0.2) is 72.1 Å². The number of thioether (sulfide) groups is 1. The van der Waals surface area contributed by atoms with Crippen LogP contribution in [0.3, 0.4) is 0 Å². The van der Waals surface area contributed by atoms with Gasteiger partial charge in [0.05, 0.1) is 27.2 Å². The highest BCUT2D eigenvalue weighted by Gasteiger charge is 2.19. The van der Waals surface area contributed by atoms with Gasteiger partial charge >= 0.3 is 0 Å². The molecule has 0 unspecified atom stereocenters. The lowest BCUT2D eigenvalue weighted by atomic mass is 10.2. The first-order valence-corrected chi connectivity index (χ1v) is 11.1. The van der Waals surface area contributed by atoms with Crippen LogP contribution >= 0.6 is 35.0 Å². The monoisotopic (exact) mass is 469 g/mol. The number of carbonyl (C=O) groups is 1. The first kappa shape index (κ1) is 21.4. The van der Waals surface area contributed by atoms with Gasteiger partial charge in [-0.05, 0) is 42.8 Å². The van der Waals surface area contributed by atoms with E-state index < -0.39 is 0 Å². The number of hydrogen-bond acceptors (Lipinski definition) is 5. The van der Waals surface area contributed by atoms with Crippen molar-refractivity contribution >= 4 is 46.6 Å². The molecule has 9 heteroatoms. The minimum absolute atomic E-state index is 0.110. The lowest BCUT2D eigenvalue weighted by molar-refractivity contribution is -0.113. The van der Waals surface area contributed by atoms with E-state index in [1.54, 1.807) is 30.6 Å². The molecular formula is C22H17Cl2N5OS. The summed E-state index contributed by atoms with van der Waals surface area (Å²) < 4.78 is 1.94. The fourth-order valence-corrected chi connectivity index (χ4v) is 4.24. The molecular weight excluding hydrogens is 453 g/mol. The smallest absolute Gasteiger partial charge is 0.234 e. The standard InChI is InChI=1S/C22H17Cl2N5OS/c1-14-6-2-3-10-18(14)29-21(15-7-5-11-25-12-15)27-28-22(29)31-13-19(30)26-20-16(23)8-4-9-17(20)24/h2-12H,13H2,1H3,(H,26,30). The molecule has 31 heavy (non-hydrogen) atoms. The first-order chi connectivity index (χ1) is 15.0. The van der Waals surface area contributed by atoms with Crippen molar-refractivity contribution in [2.45, 2.75) is 12.1 Å². The van der Waals surface area contributed by atoms with Gasteiger partial charge in [0.15, 0.2) is 11.0 Å². The Balaban J connectivity index is 1.62. The van der Waals surface area contributed by atoms with Gasteiger partial charge in [0, 0.05) is 18.0 Å². The third-order valence-electron chi connectivity index (χ3n) is 4.47. The van der Waals surface area contributed by atoms with E-state index in [4.69, 9.17) is 23.2 Å². The van der Waals surface area contributed by atoms with Crippen LogP contribution in [0.2, 0.25) is 10.0 Å². The molecule has 0 fully saturated rings. The van der Waals surface area contributed by atoms with Crippen LogP contribution in [-0.2, 0) is 4.79 Å². The van der Waals surface area contributed by atoms with E-state index >= 15 is 0 Å². The molecule has 1 N–H and O–H groups in total. The lowest BCUT2D eigenvalue weighted by Gasteiger charge is -2.13. The van der Waals surface area contributed by atoms with E-state index in [1.807, 2.05) is 47.9 Å². The second kappa shape index (κ2) is 9.51. The van der Waals surface area contributed by atoms with Crippen molar-refractivity contribution in [3.05, 3.63) is 82.6 Å². The molecule has 0 saturated carbocycles. The van der Waals surface area contributed by atoms with Crippen molar-refractivity contribution in [3.63, 3.8) is 0 Å². The van der Waals surface area contributed by atoms with Gasteiger partial charge in [0.25, 0.3) is 0 Å². The van der Waals surface area contributed by atoms with Crippen LogP contribution in [0.25, 0.3) is 17.1 Å². The highest BCUT2D eigenvalue weighted by atomic mass is 35.5. The maximum Gasteiger partial charge on any atom is 0.234 e. The number of aromatic nitrogens is 4. The number of halogens is 2. The number of benzene rings is 2. The molecule has 6 nitrogen and oxygen atoms in total. The molecule has 0 saturated heterocycles. The number of hydrogen-bond donors (Lipinski definition) is 1. The third kappa shape index (κ3) is 4.74. The Kier molecular flexibility index (Phi) is 6.56. The van der Waals surface area contributed by atoms with Gasteiger partial charge < -0.3 is 5.32 Å². The summed E-state index contributed by atoms with van der Waals surface area (Å²) in [6, 6.07) is 16.8. The summed E-state index contributed by atoms with van der Waals surface area (Å²) >= 11 is 13.6. The molecule has 0 atom stereocenters. The summed E-state index contributed by atoms with van der Waals surface area (Å²) in [6.07, 6.45) is 3.44. The maximum absolute atomic E-state index is 12.6. The molecule has 0 bridgehead atoms. The molecule has 0 aliphatic rings. The van der Waals surface area contributed by atoms with Crippen molar-refractivity contribution < 1.29 is 4.79 Å². The zero-order valence-corrected chi connectivity index (χ0v) is 18.7. The zero-order chi connectivity index (χ0) is 21.8. The fraction of sp³-hybridized carbons (Fsp3) is 0.0909. The van der Waals surface area contributed by atoms with Gasteiger partial charge in [-0.1, -0.05) is 59.2 Å². The van der Waals surface area contributed by atoms with Crippen molar-refractivity contribution in [3.8, 4) is 17.1 Å². The molecule has 4 aromatic rings. The summed E-state index contributed by atoms with van der Waals surface area (Å²) in [5.74, 6) is 0.514. The Hall–Kier alpha value is -2.87. The normalized spacial score (nSPS) is 10.8. The molecule has 4 rings (SSSR count). The summed E-state index contributed by atoms with van der Waals surface area (Å²) in [4.78, 5) is 16.8. The van der Waals surface area contributed by atoms with Gasteiger partial charge in [-0.25, -0.2) is 0 Å². The summed E-state index contributed by atoms with van der Waals surface area (Å²) in [5.41, 5.74) is 3.22. The van der Waals surface area contributed by atoms with Crippen LogP contribution in [0.4, 0.5) is 5.69 Å². The Morgan fingerprint density at radius 2 is 1.81 bits per heavy atom. The number of pyridine rings is 1. The third-order valence-corrected chi connectivity index (χ3v) is 6.03. The van der Waals surface area contributed by atoms with E-state index in [0.717, 1.165) is 16.8 Å². The summed E-state index contributed by atoms with van der Waals surface area (Å²) in [5, 5.41) is 12.8. The Morgan fingerprint density at radius 1 is 1.03 bits per heavy atom. The molecule has 0 radical (unpaired) electrons. The zero-order valence-electron chi connectivity index (χ0n) is 16.4. The van der Waals surface area contributed by atoms with E-state index in [1.165, 1.54) is 11.8 Å². The number of carbonyl (C=O) groups excluding carboxylic acids is 1. The largest absolute Gasteiger partial charge is 0.323 e. The molecule has 0 aliphatic carbocycles. The van der Waals surface area contributed by atoms with Crippen LogP contribution in [0.1, 0.15) is 5.56 Å². The molecule has 156 valence electrons. The van der Waals surface area contributed by atoms with Crippen LogP contribution in [-0.4, -0.2) is 31.4 Å². The van der Waals surface area contributed by atoms with Crippen LogP contribution in [0.5, 0.6) is 0 Å². The van der Waals surface area contributed by atoms with E-state index in [0.29, 0.717) is 26.7 Å². The molecule has 0 spiro atoms. The van der Waals surface area contributed by atoms with Crippen molar-refractivity contribution in [2.24, 2.45) is 0 Å². The molecule has 2 heterocycles. The second-order valence-corrected chi connectivity index (χ2v) is 8.36. The number of amides is 1. The topological polar surface area (TPSA) is 72.7 Å². The maximum atomic E-state index is 12.6. The quantitative estimate of drug-likeness (QED) is 0.368. The average molecular weight is 470 g/mol. The first-order valence-electron chi connectivity index (χ1n) is 9.33. The molecule has 2 aromatic heterocycles. The predicted molar refractivity (Wildman–Crippen MR) is 125 cm³/mol. The number of anilines is 1. The SMILES string of the molecule is Cc1ccccc1-n1c(SCC(=O)Nc2c(Cl)cccc2Cl)nnc1-c1cccnc1. The minimum atomic E-state index is -0.248. The van der Waals surface area contributed by atoms with Gasteiger partial charge in [-0.3, -0.25) is 14.3 Å². The number of aryl methyl sites for hydroxylation is 1. The fourth-order valence-electron chi connectivity index (χ4n) is 3.00. The Labute approximate surface area is 193 Å². The van der Waals surface area contributed by atoms with Crippen molar-refractivity contribution in [1.82, 2.24) is 19.7 Å². The Bertz CT molecular complexity index is 1210. The van der Waals surface area contributed by atoms with Gasteiger partial charge in [0.1, 0.15) is 0 Å². The lowest BCUT2D eigenvalue weighted by Crippen LogP contribution is -2.15. The van der Waals surface area contributed by atoms with E-state index in [-0.39, 0.29) is 11.7 Å². The molecule has 2 aromatic carbocycles. The average Bonchev–Trinajstić information content (AvgIpc) is 3.19. The number of nitrogens with zero attached hydrogens (tertiary/aromatic N) is 4. The molecule has 0 aliphatic heterocycles. The van der Waals surface area contributed by atoms with Gasteiger partial charge in [-0.15, -0.1) is 10.2 Å². The van der Waals surface area contributed by atoms with Crippen LogP contribution < -0.4 is 5.32 Å². The predicted octanol–water partition coefficient (Wildman–Crippen LogP) is 5.68. The van der Waals surface area contributed by atoms with E-state index in [9.17, 15) is 4.79 Å². The van der Waals surface area contributed by atoms with Crippen molar-refractivity contribution in [1.29, 1.82) is 0 Å². The summed E-state index contributed by atoms with van der Waals surface area (Å²) in [6.45, 7) is 2.02. The number of para-hydroxylation sites is 2. The van der Waals surface area contributed by atoms with Gasteiger partial charge in [0.2, 0.25) is 5.91 Å². The van der Waals surface area contributed by atoms with Crippen molar-refractivity contribution in [2.75, 3.05) is 11.1 Å².